The third kappa shape index (κ3) is 4.99. The molecule has 0 atom stereocenters. The predicted molar refractivity (Wildman–Crippen MR) is 95.9 cm³/mol. The summed E-state index contributed by atoms with van der Waals surface area (Å²) in [4.78, 5) is 24.5. The molecule has 130 valence electrons. The first-order chi connectivity index (χ1) is 10.9. The molecule has 0 saturated carbocycles. The van der Waals surface area contributed by atoms with Crippen LogP contribution in [0.5, 0.6) is 0 Å². The van der Waals surface area contributed by atoms with Crippen molar-refractivity contribution in [1.82, 2.24) is 5.32 Å². The third-order valence-electron chi connectivity index (χ3n) is 3.01. The van der Waals surface area contributed by atoms with Crippen molar-refractivity contribution < 1.29 is 14.0 Å². The molecular formula is C16H19Cl2N3O3. The minimum absolute atomic E-state index is 0. The van der Waals surface area contributed by atoms with Gasteiger partial charge in [0.15, 0.2) is 0 Å². The van der Waals surface area contributed by atoms with Gasteiger partial charge in [-0.05, 0) is 38.1 Å². The van der Waals surface area contributed by atoms with Crippen LogP contribution < -0.4 is 16.4 Å². The standard InChI is InChI=1S/C16H18ClN3O3.ClH/c1-9(2)19-16(22)13-4-3-11(17)6-14(13)20-15(21)10-5-12(7-18)23-8-10;/h3-6,8-9H,7,18H2,1-2H3,(H,19,22)(H,20,21);1H. The molecule has 24 heavy (non-hydrogen) atoms. The smallest absolute Gasteiger partial charge is 0.258 e. The number of carbonyl (C=O) groups is 2. The topological polar surface area (TPSA) is 97.4 Å². The van der Waals surface area contributed by atoms with Crippen LogP contribution >= 0.6 is 24.0 Å². The largest absolute Gasteiger partial charge is 0.467 e. The molecule has 4 N–H and O–H groups in total. The maximum absolute atomic E-state index is 12.3. The van der Waals surface area contributed by atoms with Crippen molar-refractivity contribution >= 4 is 41.5 Å². The first-order valence-electron chi connectivity index (χ1n) is 7.10. The molecule has 0 spiro atoms. The second-order valence-corrected chi connectivity index (χ2v) is 5.71. The number of hydrogen-bond acceptors (Lipinski definition) is 4. The number of carbonyl (C=O) groups excluding carboxylic acids is 2. The number of hydrogen-bond donors (Lipinski definition) is 3. The summed E-state index contributed by atoms with van der Waals surface area (Å²) in [6.45, 7) is 3.91. The summed E-state index contributed by atoms with van der Waals surface area (Å²) in [5.74, 6) is -0.199. The molecule has 0 aliphatic rings. The molecule has 2 rings (SSSR count). The number of nitrogens with two attached hydrogens (primary N) is 1. The Morgan fingerprint density at radius 3 is 2.54 bits per heavy atom. The highest BCUT2D eigenvalue weighted by Crippen LogP contribution is 2.22. The Kier molecular flexibility index (Phi) is 7.28. The van der Waals surface area contributed by atoms with Gasteiger partial charge in [-0.3, -0.25) is 9.59 Å². The Labute approximate surface area is 151 Å². The number of amides is 2. The van der Waals surface area contributed by atoms with E-state index in [2.05, 4.69) is 10.6 Å². The molecule has 0 radical (unpaired) electrons. The van der Waals surface area contributed by atoms with Crippen molar-refractivity contribution in [2.75, 3.05) is 5.32 Å². The molecule has 6 nitrogen and oxygen atoms in total. The van der Waals surface area contributed by atoms with E-state index in [1.54, 1.807) is 18.2 Å². The maximum atomic E-state index is 12.3. The first-order valence-corrected chi connectivity index (χ1v) is 7.47. The molecule has 8 heteroatoms. The lowest BCUT2D eigenvalue weighted by Crippen LogP contribution is -2.31. The Bertz CT molecular complexity index is 729. The van der Waals surface area contributed by atoms with Gasteiger partial charge >= 0.3 is 0 Å². The minimum atomic E-state index is -0.408. The fraction of sp³-hybridized carbons (Fsp3) is 0.250. The second-order valence-electron chi connectivity index (χ2n) is 5.28. The third-order valence-corrected chi connectivity index (χ3v) is 3.25. The molecule has 0 saturated heterocycles. The predicted octanol–water partition coefficient (Wildman–Crippen LogP) is 3.20. The molecule has 2 aromatic rings. The Morgan fingerprint density at radius 2 is 1.96 bits per heavy atom. The summed E-state index contributed by atoms with van der Waals surface area (Å²) >= 11 is 5.97. The number of furan rings is 1. The molecule has 1 aromatic carbocycles. The zero-order valence-corrected chi connectivity index (χ0v) is 14.8. The van der Waals surface area contributed by atoms with Gasteiger partial charge in [-0.2, -0.15) is 0 Å². The van der Waals surface area contributed by atoms with Crippen LogP contribution in [-0.2, 0) is 6.54 Å². The molecule has 2 amide bonds. The van der Waals surface area contributed by atoms with Gasteiger partial charge in [0.25, 0.3) is 11.8 Å². The normalized spacial score (nSPS) is 10.2. The van der Waals surface area contributed by atoms with Crippen LogP contribution in [-0.4, -0.2) is 17.9 Å². The van der Waals surface area contributed by atoms with Crippen LogP contribution in [0.25, 0.3) is 0 Å². The SMILES string of the molecule is CC(C)NC(=O)c1ccc(Cl)cc1NC(=O)c1coc(CN)c1.Cl. The first kappa shape index (κ1) is 20.0. The fourth-order valence-electron chi connectivity index (χ4n) is 1.96. The lowest BCUT2D eigenvalue weighted by Gasteiger charge is -2.13. The van der Waals surface area contributed by atoms with Crippen LogP contribution in [0.15, 0.2) is 34.9 Å². The highest BCUT2D eigenvalue weighted by Gasteiger charge is 2.17. The molecular weight excluding hydrogens is 353 g/mol. The van der Waals surface area contributed by atoms with E-state index in [9.17, 15) is 9.59 Å². The number of benzene rings is 1. The van der Waals surface area contributed by atoms with E-state index < -0.39 is 5.91 Å². The fourth-order valence-corrected chi connectivity index (χ4v) is 2.13. The highest BCUT2D eigenvalue weighted by atomic mass is 35.5. The Hall–Kier alpha value is -2.02. The van der Waals surface area contributed by atoms with E-state index in [1.807, 2.05) is 13.8 Å². The average molecular weight is 372 g/mol. The summed E-state index contributed by atoms with van der Waals surface area (Å²) in [6, 6.07) is 6.21. The summed E-state index contributed by atoms with van der Waals surface area (Å²) in [5, 5.41) is 5.86. The van der Waals surface area contributed by atoms with Gasteiger partial charge in [0.05, 0.1) is 23.4 Å². The van der Waals surface area contributed by atoms with E-state index in [0.717, 1.165) is 0 Å². The summed E-state index contributed by atoms with van der Waals surface area (Å²) in [6.07, 6.45) is 1.32. The minimum Gasteiger partial charge on any atom is -0.467 e. The van der Waals surface area contributed by atoms with E-state index in [4.69, 9.17) is 21.8 Å². The van der Waals surface area contributed by atoms with Crippen LogP contribution in [0.3, 0.4) is 0 Å². The van der Waals surface area contributed by atoms with Crippen LogP contribution in [0, 0.1) is 0 Å². The molecule has 0 fully saturated rings. The van der Waals surface area contributed by atoms with Crippen molar-refractivity contribution in [3.05, 3.63) is 52.4 Å². The van der Waals surface area contributed by atoms with Crippen LogP contribution in [0.2, 0.25) is 5.02 Å². The maximum Gasteiger partial charge on any atom is 0.258 e. The lowest BCUT2D eigenvalue weighted by atomic mass is 10.1. The van der Waals surface area contributed by atoms with Gasteiger partial charge in [0.1, 0.15) is 12.0 Å². The second kappa shape index (κ2) is 8.73. The number of nitrogens with one attached hydrogen (secondary N) is 2. The van der Waals surface area contributed by atoms with E-state index in [0.29, 0.717) is 27.6 Å². The molecule has 0 bridgehead atoms. The molecule has 0 aliphatic heterocycles. The van der Waals surface area contributed by atoms with Gasteiger partial charge in [0.2, 0.25) is 0 Å². The highest BCUT2D eigenvalue weighted by molar-refractivity contribution is 6.31. The van der Waals surface area contributed by atoms with Gasteiger partial charge in [-0.15, -0.1) is 12.4 Å². The van der Waals surface area contributed by atoms with Gasteiger partial charge < -0.3 is 20.8 Å². The molecule has 1 aromatic heterocycles. The Balaban J connectivity index is 0.00000288. The van der Waals surface area contributed by atoms with Gasteiger partial charge in [-0.25, -0.2) is 0 Å². The van der Waals surface area contributed by atoms with Crippen molar-refractivity contribution in [3.63, 3.8) is 0 Å². The van der Waals surface area contributed by atoms with E-state index >= 15 is 0 Å². The van der Waals surface area contributed by atoms with E-state index in [1.165, 1.54) is 12.3 Å². The lowest BCUT2D eigenvalue weighted by molar-refractivity contribution is 0.0944. The summed E-state index contributed by atoms with van der Waals surface area (Å²) < 4.78 is 5.14. The van der Waals surface area contributed by atoms with Crippen LogP contribution in [0.4, 0.5) is 5.69 Å². The van der Waals surface area contributed by atoms with Crippen molar-refractivity contribution in [2.45, 2.75) is 26.4 Å². The monoisotopic (exact) mass is 371 g/mol. The summed E-state index contributed by atoms with van der Waals surface area (Å²) in [7, 11) is 0. The molecule has 0 aliphatic carbocycles. The number of rotatable bonds is 5. The summed E-state index contributed by atoms with van der Waals surface area (Å²) in [5.41, 5.74) is 6.43. The number of anilines is 1. The van der Waals surface area contributed by atoms with Crippen LogP contribution in [0.1, 0.15) is 40.3 Å². The molecule has 0 unspecified atom stereocenters. The zero-order chi connectivity index (χ0) is 17.0. The van der Waals surface area contributed by atoms with E-state index in [-0.39, 0.29) is 30.9 Å². The van der Waals surface area contributed by atoms with Crippen molar-refractivity contribution in [3.8, 4) is 0 Å². The molecule has 1 heterocycles. The van der Waals surface area contributed by atoms with Crippen molar-refractivity contribution in [1.29, 1.82) is 0 Å². The quantitative estimate of drug-likeness (QED) is 0.751. The Morgan fingerprint density at radius 1 is 1.25 bits per heavy atom. The average Bonchev–Trinajstić information content (AvgIpc) is 2.95. The zero-order valence-electron chi connectivity index (χ0n) is 13.3. The van der Waals surface area contributed by atoms with Gasteiger partial charge in [0, 0.05) is 11.1 Å². The van der Waals surface area contributed by atoms with Gasteiger partial charge in [-0.1, -0.05) is 11.6 Å². The van der Waals surface area contributed by atoms with Crippen molar-refractivity contribution in [2.24, 2.45) is 5.73 Å². The number of halogens is 2.